The predicted octanol–water partition coefficient (Wildman–Crippen LogP) is 4.67. The van der Waals surface area contributed by atoms with Crippen molar-refractivity contribution >= 4 is 39.4 Å². The van der Waals surface area contributed by atoms with Crippen molar-refractivity contribution < 1.29 is 18.4 Å². The fourth-order valence-corrected chi connectivity index (χ4v) is 3.99. The molecule has 0 spiro atoms. The van der Waals surface area contributed by atoms with E-state index in [0.29, 0.717) is 18.7 Å². The van der Waals surface area contributed by atoms with E-state index >= 15 is 0 Å². The molecule has 3 heterocycles. The van der Waals surface area contributed by atoms with Crippen LogP contribution in [0.3, 0.4) is 0 Å². The fraction of sp³-hybridized carbons (Fsp3) is 0.217. The number of likely N-dealkylation sites (tertiary alicyclic amines) is 1. The standard InChI is InChI=1S/C23H20N2O4/c26-22(15-4-3-10-25(13-15)23(27)16-9-11-28-14-16)24-17-7-8-21-19(12-17)18-5-1-2-6-20(18)29-21/h1-2,5-9,11-12,14-15H,3-4,10,13H2,(H,24,26)/t15-/m0/s1. The molecular formula is C23H20N2O4. The van der Waals surface area contributed by atoms with Gasteiger partial charge in [0.15, 0.2) is 0 Å². The molecule has 29 heavy (non-hydrogen) atoms. The van der Waals surface area contributed by atoms with Gasteiger partial charge in [-0.3, -0.25) is 9.59 Å². The summed E-state index contributed by atoms with van der Waals surface area (Å²) in [7, 11) is 0. The van der Waals surface area contributed by atoms with Gasteiger partial charge in [-0.25, -0.2) is 0 Å². The van der Waals surface area contributed by atoms with Gasteiger partial charge in [-0.2, -0.15) is 0 Å². The third-order valence-electron chi connectivity index (χ3n) is 5.49. The molecule has 2 aromatic carbocycles. The third-order valence-corrected chi connectivity index (χ3v) is 5.49. The van der Waals surface area contributed by atoms with Crippen molar-refractivity contribution in [2.45, 2.75) is 12.8 Å². The lowest BCUT2D eigenvalue weighted by molar-refractivity contribution is -0.121. The average molecular weight is 388 g/mol. The molecule has 0 bridgehead atoms. The van der Waals surface area contributed by atoms with Crippen molar-refractivity contribution in [2.24, 2.45) is 5.92 Å². The fourth-order valence-electron chi connectivity index (χ4n) is 3.99. The average Bonchev–Trinajstić information content (AvgIpc) is 3.41. The third kappa shape index (κ3) is 3.27. The molecule has 0 radical (unpaired) electrons. The number of piperidine rings is 1. The highest BCUT2D eigenvalue weighted by Crippen LogP contribution is 2.31. The highest BCUT2D eigenvalue weighted by atomic mass is 16.3. The Labute approximate surface area is 167 Å². The van der Waals surface area contributed by atoms with Crippen molar-refractivity contribution in [2.75, 3.05) is 18.4 Å². The Morgan fingerprint density at radius 3 is 2.76 bits per heavy atom. The summed E-state index contributed by atoms with van der Waals surface area (Å²) < 4.78 is 10.8. The number of nitrogens with zero attached hydrogens (tertiary/aromatic N) is 1. The minimum atomic E-state index is -0.239. The first-order valence-corrected chi connectivity index (χ1v) is 9.73. The summed E-state index contributed by atoms with van der Waals surface area (Å²) in [4.78, 5) is 27.1. The van der Waals surface area contributed by atoms with E-state index in [1.807, 2.05) is 42.5 Å². The largest absolute Gasteiger partial charge is 0.472 e. The number of rotatable bonds is 3. The molecule has 2 aromatic heterocycles. The highest BCUT2D eigenvalue weighted by molar-refractivity contribution is 6.07. The first kappa shape index (κ1) is 17.6. The lowest BCUT2D eigenvalue weighted by Gasteiger charge is -2.31. The first-order valence-electron chi connectivity index (χ1n) is 9.73. The summed E-state index contributed by atoms with van der Waals surface area (Å²) in [6, 6.07) is 15.2. The Morgan fingerprint density at radius 1 is 1.03 bits per heavy atom. The van der Waals surface area contributed by atoms with Crippen LogP contribution in [0.25, 0.3) is 21.9 Å². The van der Waals surface area contributed by atoms with Crippen LogP contribution in [-0.4, -0.2) is 29.8 Å². The van der Waals surface area contributed by atoms with Crippen LogP contribution in [0.1, 0.15) is 23.2 Å². The molecule has 146 valence electrons. The maximum absolute atomic E-state index is 12.9. The number of para-hydroxylation sites is 1. The quantitative estimate of drug-likeness (QED) is 0.553. The number of benzene rings is 2. The molecule has 1 N–H and O–H groups in total. The van der Waals surface area contributed by atoms with E-state index in [1.54, 1.807) is 11.0 Å². The first-order chi connectivity index (χ1) is 14.2. The zero-order chi connectivity index (χ0) is 19.8. The smallest absolute Gasteiger partial charge is 0.257 e. The van der Waals surface area contributed by atoms with Crippen LogP contribution in [0.5, 0.6) is 0 Å². The molecule has 0 unspecified atom stereocenters. The monoisotopic (exact) mass is 388 g/mol. The normalized spacial score (nSPS) is 17.0. The lowest BCUT2D eigenvalue weighted by Crippen LogP contribution is -2.43. The maximum Gasteiger partial charge on any atom is 0.257 e. The minimum absolute atomic E-state index is 0.0677. The molecular weight excluding hydrogens is 368 g/mol. The van der Waals surface area contributed by atoms with E-state index < -0.39 is 0 Å². The number of hydrogen-bond acceptors (Lipinski definition) is 4. The van der Waals surface area contributed by atoms with Crippen LogP contribution in [0, 0.1) is 5.92 Å². The molecule has 0 saturated carbocycles. The van der Waals surface area contributed by atoms with Gasteiger partial charge < -0.3 is 19.1 Å². The van der Waals surface area contributed by atoms with Gasteiger partial charge in [0.2, 0.25) is 5.91 Å². The Balaban J connectivity index is 1.33. The van der Waals surface area contributed by atoms with Crippen molar-refractivity contribution in [3.05, 3.63) is 66.6 Å². The van der Waals surface area contributed by atoms with Gasteiger partial charge >= 0.3 is 0 Å². The Kier molecular flexibility index (Phi) is 4.31. The molecule has 0 aliphatic carbocycles. The second kappa shape index (κ2) is 7.13. The van der Waals surface area contributed by atoms with Crippen LogP contribution in [0.15, 0.2) is 69.9 Å². The second-order valence-electron chi connectivity index (χ2n) is 7.40. The van der Waals surface area contributed by atoms with Crippen LogP contribution < -0.4 is 5.32 Å². The molecule has 1 aliphatic rings. The maximum atomic E-state index is 12.9. The van der Waals surface area contributed by atoms with Crippen LogP contribution in [0.2, 0.25) is 0 Å². The van der Waals surface area contributed by atoms with E-state index in [9.17, 15) is 9.59 Å². The number of fused-ring (bicyclic) bond motifs is 3. The van der Waals surface area contributed by atoms with E-state index in [0.717, 1.165) is 40.5 Å². The number of anilines is 1. The topological polar surface area (TPSA) is 75.7 Å². The number of amides is 2. The molecule has 4 aromatic rings. The number of carbonyl (C=O) groups excluding carboxylic acids is 2. The lowest BCUT2D eigenvalue weighted by atomic mass is 9.96. The molecule has 1 saturated heterocycles. The van der Waals surface area contributed by atoms with Crippen molar-refractivity contribution in [3.63, 3.8) is 0 Å². The SMILES string of the molecule is O=C(Nc1ccc2oc3ccccc3c2c1)[C@H]1CCCN(C(=O)c2ccoc2)C1. The van der Waals surface area contributed by atoms with Gasteiger partial charge in [-0.15, -0.1) is 0 Å². The molecule has 2 amide bonds. The minimum Gasteiger partial charge on any atom is -0.472 e. The highest BCUT2D eigenvalue weighted by Gasteiger charge is 2.29. The van der Waals surface area contributed by atoms with Gasteiger partial charge in [0, 0.05) is 29.5 Å². The van der Waals surface area contributed by atoms with Gasteiger partial charge in [0.05, 0.1) is 17.7 Å². The Morgan fingerprint density at radius 2 is 1.90 bits per heavy atom. The summed E-state index contributed by atoms with van der Waals surface area (Å²) in [5.74, 6) is -0.402. The van der Waals surface area contributed by atoms with Gasteiger partial charge in [0.25, 0.3) is 5.91 Å². The summed E-state index contributed by atoms with van der Waals surface area (Å²) in [6.45, 7) is 1.06. The van der Waals surface area contributed by atoms with Crippen LogP contribution in [-0.2, 0) is 4.79 Å². The number of furan rings is 2. The summed E-state index contributed by atoms with van der Waals surface area (Å²) in [6.07, 6.45) is 4.48. The summed E-state index contributed by atoms with van der Waals surface area (Å²) >= 11 is 0. The van der Waals surface area contributed by atoms with Gasteiger partial charge in [0.1, 0.15) is 17.4 Å². The zero-order valence-corrected chi connectivity index (χ0v) is 15.8. The summed E-state index contributed by atoms with van der Waals surface area (Å²) in [5, 5.41) is 5.01. The molecule has 5 rings (SSSR count). The zero-order valence-electron chi connectivity index (χ0n) is 15.8. The molecule has 6 nitrogen and oxygen atoms in total. The summed E-state index contributed by atoms with van der Waals surface area (Å²) in [5.41, 5.74) is 2.86. The van der Waals surface area contributed by atoms with Gasteiger partial charge in [-0.05, 0) is 43.2 Å². The van der Waals surface area contributed by atoms with Crippen LogP contribution in [0.4, 0.5) is 5.69 Å². The predicted molar refractivity (Wildman–Crippen MR) is 110 cm³/mol. The van der Waals surface area contributed by atoms with Crippen LogP contribution >= 0.6 is 0 Å². The van der Waals surface area contributed by atoms with Crippen molar-refractivity contribution in [3.8, 4) is 0 Å². The van der Waals surface area contributed by atoms with Gasteiger partial charge in [-0.1, -0.05) is 18.2 Å². The van der Waals surface area contributed by atoms with E-state index in [1.165, 1.54) is 12.5 Å². The molecule has 1 atom stereocenters. The number of nitrogens with one attached hydrogen (secondary N) is 1. The van der Waals surface area contributed by atoms with Crippen molar-refractivity contribution in [1.29, 1.82) is 0 Å². The molecule has 6 heteroatoms. The number of hydrogen-bond donors (Lipinski definition) is 1. The Hall–Kier alpha value is -3.54. The van der Waals surface area contributed by atoms with E-state index in [2.05, 4.69) is 5.32 Å². The molecule has 1 fully saturated rings. The van der Waals surface area contributed by atoms with E-state index in [4.69, 9.17) is 8.83 Å². The molecule has 1 aliphatic heterocycles. The van der Waals surface area contributed by atoms with Crippen molar-refractivity contribution in [1.82, 2.24) is 4.90 Å². The Bertz CT molecular complexity index is 1190. The second-order valence-corrected chi connectivity index (χ2v) is 7.40. The number of carbonyl (C=O) groups is 2. The van der Waals surface area contributed by atoms with E-state index in [-0.39, 0.29) is 17.7 Å².